The maximum Gasteiger partial charge on any atom is 0.0372 e. The van der Waals surface area contributed by atoms with Gasteiger partial charge in [0.25, 0.3) is 0 Å². The number of pyridine rings is 1. The van der Waals surface area contributed by atoms with Gasteiger partial charge in [0.15, 0.2) is 0 Å². The van der Waals surface area contributed by atoms with Crippen LogP contribution in [0.3, 0.4) is 0 Å². The second-order valence-electron chi connectivity index (χ2n) is 4.57. The molecular formula is C13H20N2. The van der Waals surface area contributed by atoms with Crippen LogP contribution >= 0.6 is 0 Å². The number of hydrogen-bond acceptors (Lipinski definition) is 2. The summed E-state index contributed by atoms with van der Waals surface area (Å²) < 4.78 is 0. The molecule has 0 aromatic carbocycles. The summed E-state index contributed by atoms with van der Waals surface area (Å²) in [5, 5.41) is 3.46. The minimum Gasteiger partial charge on any atom is -0.313 e. The van der Waals surface area contributed by atoms with Crippen molar-refractivity contribution in [2.24, 2.45) is 5.92 Å². The van der Waals surface area contributed by atoms with E-state index in [2.05, 4.69) is 22.4 Å². The molecule has 1 aliphatic carbocycles. The number of aryl methyl sites for hydroxylation is 1. The lowest BCUT2D eigenvalue weighted by Gasteiger charge is -2.04. The first-order chi connectivity index (χ1) is 7.34. The largest absolute Gasteiger partial charge is 0.313 e. The van der Waals surface area contributed by atoms with Gasteiger partial charge >= 0.3 is 0 Å². The average molecular weight is 204 g/mol. The van der Waals surface area contributed by atoms with Crippen molar-refractivity contribution in [2.75, 3.05) is 6.54 Å². The summed E-state index contributed by atoms with van der Waals surface area (Å²) in [4.78, 5) is 4.28. The van der Waals surface area contributed by atoms with Crippen LogP contribution in [0.15, 0.2) is 18.3 Å². The van der Waals surface area contributed by atoms with Crippen molar-refractivity contribution < 1.29 is 0 Å². The van der Waals surface area contributed by atoms with Crippen LogP contribution < -0.4 is 5.32 Å². The molecule has 0 aliphatic heterocycles. The summed E-state index contributed by atoms with van der Waals surface area (Å²) >= 11 is 0. The number of rotatable bonds is 6. The van der Waals surface area contributed by atoms with E-state index < -0.39 is 0 Å². The molecule has 1 fully saturated rings. The molecule has 0 unspecified atom stereocenters. The van der Waals surface area contributed by atoms with Crippen molar-refractivity contribution in [3.63, 3.8) is 0 Å². The van der Waals surface area contributed by atoms with Crippen LogP contribution in [0.1, 0.15) is 36.9 Å². The van der Waals surface area contributed by atoms with E-state index in [1.165, 1.54) is 31.2 Å². The Morgan fingerprint density at radius 3 is 2.93 bits per heavy atom. The van der Waals surface area contributed by atoms with Crippen LogP contribution in [-0.2, 0) is 6.54 Å². The van der Waals surface area contributed by atoms with E-state index in [0.29, 0.717) is 0 Å². The lowest BCUT2D eigenvalue weighted by molar-refractivity contribution is 0.593. The first-order valence-corrected chi connectivity index (χ1v) is 5.97. The van der Waals surface area contributed by atoms with Gasteiger partial charge in [-0.05, 0) is 43.9 Å². The third kappa shape index (κ3) is 4.00. The van der Waals surface area contributed by atoms with Gasteiger partial charge in [-0.1, -0.05) is 18.9 Å². The molecule has 0 radical (unpaired) electrons. The highest BCUT2D eigenvalue weighted by Crippen LogP contribution is 2.33. The first-order valence-electron chi connectivity index (χ1n) is 5.97. The van der Waals surface area contributed by atoms with Gasteiger partial charge in [-0.2, -0.15) is 0 Å². The fraction of sp³-hybridized carbons (Fsp3) is 0.615. The zero-order valence-corrected chi connectivity index (χ0v) is 9.50. The minimum absolute atomic E-state index is 0.956. The number of nitrogens with zero attached hydrogens (tertiary/aromatic N) is 1. The highest BCUT2D eigenvalue weighted by molar-refractivity contribution is 5.12. The third-order valence-corrected chi connectivity index (χ3v) is 2.96. The molecule has 82 valence electrons. The van der Waals surface area contributed by atoms with Crippen LogP contribution in [0.4, 0.5) is 0 Å². The molecular weight excluding hydrogens is 184 g/mol. The first kappa shape index (κ1) is 10.6. The maximum atomic E-state index is 4.28. The van der Waals surface area contributed by atoms with Crippen LogP contribution in [0.25, 0.3) is 0 Å². The minimum atomic E-state index is 0.956. The lowest BCUT2D eigenvalue weighted by Crippen LogP contribution is -2.14. The van der Waals surface area contributed by atoms with E-state index in [9.17, 15) is 0 Å². The average Bonchev–Trinajstić information content (AvgIpc) is 3.04. The SMILES string of the molecule is Cc1ccc(CNCCCC2CC2)cn1. The van der Waals surface area contributed by atoms with Gasteiger partial charge in [-0.3, -0.25) is 4.98 Å². The quantitative estimate of drug-likeness (QED) is 0.721. The molecule has 1 aromatic heterocycles. The van der Waals surface area contributed by atoms with Crippen LogP contribution in [0.2, 0.25) is 0 Å². The second-order valence-corrected chi connectivity index (χ2v) is 4.57. The summed E-state index contributed by atoms with van der Waals surface area (Å²) in [6.07, 6.45) is 7.65. The number of nitrogens with one attached hydrogen (secondary N) is 1. The van der Waals surface area contributed by atoms with E-state index in [0.717, 1.165) is 24.7 Å². The van der Waals surface area contributed by atoms with Crippen LogP contribution in [-0.4, -0.2) is 11.5 Å². The predicted octanol–water partition coefficient (Wildman–Crippen LogP) is 2.67. The van der Waals surface area contributed by atoms with Crippen molar-refractivity contribution in [3.8, 4) is 0 Å². The topological polar surface area (TPSA) is 24.9 Å². The summed E-state index contributed by atoms with van der Waals surface area (Å²) in [5.74, 6) is 1.06. The fourth-order valence-corrected chi connectivity index (χ4v) is 1.76. The van der Waals surface area contributed by atoms with Gasteiger partial charge in [-0.15, -0.1) is 0 Å². The Morgan fingerprint density at radius 2 is 2.27 bits per heavy atom. The molecule has 2 heteroatoms. The summed E-state index contributed by atoms with van der Waals surface area (Å²) in [5.41, 5.74) is 2.37. The third-order valence-electron chi connectivity index (χ3n) is 2.96. The Kier molecular flexibility index (Phi) is 3.73. The Morgan fingerprint density at radius 1 is 1.40 bits per heavy atom. The molecule has 2 rings (SSSR count). The van der Waals surface area contributed by atoms with Crippen molar-refractivity contribution >= 4 is 0 Å². The van der Waals surface area contributed by atoms with E-state index >= 15 is 0 Å². The Balaban J connectivity index is 1.58. The Bertz CT molecular complexity index is 288. The zero-order valence-electron chi connectivity index (χ0n) is 9.50. The molecule has 1 N–H and O–H groups in total. The summed E-state index contributed by atoms with van der Waals surface area (Å²) in [6.45, 7) is 4.12. The number of hydrogen-bond donors (Lipinski definition) is 1. The molecule has 0 spiro atoms. The Hall–Kier alpha value is -0.890. The molecule has 0 amide bonds. The van der Waals surface area contributed by atoms with Gasteiger partial charge < -0.3 is 5.32 Å². The highest BCUT2D eigenvalue weighted by atomic mass is 14.8. The molecule has 1 aliphatic rings. The normalized spacial score (nSPS) is 15.5. The molecule has 2 nitrogen and oxygen atoms in total. The van der Waals surface area contributed by atoms with Crippen molar-refractivity contribution in [3.05, 3.63) is 29.6 Å². The maximum absolute atomic E-state index is 4.28. The monoisotopic (exact) mass is 204 g/mol. The van der Waals surface area contributed by atoms with E-state index in [-0.39, 0.29) is 0 Å². The molecule has 15 heavy (non-hydrogen) atoms. The van der Waals surface area contributed by atoms with Crippen LogP contribution in [0.5, 0.6) is 0 Å². The van der Waals surface area contributed by atoms with Gasteiger partial charge in [0.1, 0.15) is 0 Å². The zero-order chi connectivity index (χ0) is 10.5. The van der Waals surface area contributed by atoms with E-state index in [1.807, 2.05) is 13.1 Å². The fourth-order valence-electron chi connectivity index (χ4n) is 1.76. The van der Waals surface area contributed by atoms with E-state index in [4.69, 9.17) is 0 Å². The molecule has 0 bridgehead atoms. The van der Waals surface area contributed by atoms with E-state index in [1.54, 1.807) is 0 Å². The summed E-state index contributed by atoms with van der Waals surface area (Å²) in [6, 6.07) is 4.22. The number of aromatic nitrogens is 1. The van der Waals surface area contributed by atoms with Crippen LogP contribution in [0, 0.1) is 12.8 Å². The molecule has 1 saturated carbocycles. The Labute approximate surface area is 92.1 Å². The molecule has 0 atom stereocenters. The van der Waals surface area contributed by atoms with Gasteiger partial charge in [0.2, 0.25) is 0 Å². The highest BCUT2D eigenvalue weighted by Gasteiger charge is 2.19. The molecule has 0 saturated heterocycles. The van der Waals surface area contributed by atoms with Crippen molar-refractivity contribution in [1.82, 2.24) is 10.3 Å². The van der Waals surface area contributed by atoms with Gasteiger partial charge in [0.05, 0.1) is 0 Å². The van der Waals surface area contributed by atoms with Crippen molar-refractivity contribution in [2.45, 2.75) is 39.2 Å². The molecule has 1 aromatic rings. The predicted molar refractivity (Wildman–Crippen MR) is 62.6 cm³/mol. The van der Waals surface area contributed by atoms with Gasteiger partial charge in [-0.25, -0.2) is 0 Å². The van der Waals surface area contributed by atoms with Crippen molar-refractivity contribution in [1.29, 1.82) is 0 Å². The standard InChI is InChI=1S/C13H20N2/c1-11-4-5-13(10-15-11)9-14-8-2-3-12-6-7-12/h4-5,10,12,14H,2-3,6-9H2,1H3. The molecule has 1 heterocycles. The second kappa shape index (κ2) is 5.26. The summed E-state index contributed by atoms with van der Waals surface area (Å²) in [7, 11) is 0. The van der Waals surface area contributed by atoms with Gasteiger partial charge in [0, 0.05) is 18.4 Å². The lowest BCUT2D eigenvalue weighted by atomic mass is 10.2. The smallest absolute Gasteiger partial charge is 0.0372 e.